The first-order valence-corrected chi connectivity index (χ1v) is 5.56. The maximum absolute atomic E-state index is 11.6. The van der Waals surface area contributed by atoms with Crippen molar-refractivity contribution >= 4 is 17.9 Å². The number of likely N-dealkylation sites (N-methyl/N-ethyl adjacent to an activating group) is 1. The lowest BCUT2D eigenvalue weighted by Gasteiger charge is -2.20. The third-order valence-corrected chi connectivity index (χ3v) is 2.58. The van der Waals surface area contributed by atoms with E-state index in [4.69, 9.17) is 5.11 Å². The molecule has 0 saturated carbocycles. The number of carbonyl (C=O) groups excluding carboxylic acids is 2. The molecule has 1 heterocycles. The van der Waals surface area contributed by atoms with Gasteiger partial charge in [0.05, 0.1) is 0 Å². The molecule has 1 atom stereocenters. The van der Waals surface area contributed by atoms with E-state index in [0.29, 0.717) is 25.9 Å². The van der Waals surface area contributed by atoms with Crippen molar-refractivity contribution in [3.63, 3.8) is 0 Å². The summed E-state index contributed by atoms with van der Waals surface area (Å²) >= 11 is 0. The lowest BCUT2D eigenvalue weighted by molar-refractivity contribution is -0.137. The number of rotatable bonds is 5. The molecule has 0 bridgehead atoms. The zero-order chi connectivity index (χ0) is 12.8. The third-order valence-electron chi connectivity index (χ3n) is 2.58. The van der Waals surface area contributed by atoms with Crippen molar-refractivity contribution in [1.29, 1.82) is 0 Å². The van der Waals surface area contributed by atoms with Crippen LogP contribution < -0.4 is 10.6 Å². The predicted octanol–water partition coefficient (Wildman–Crippen LogP) is -0.619. The van der Waals surface area contributed by atoms with Crippen molar-refractivity contribution in [3.8, 4) is 0 Å². The number of carboxylic acids is 1. The average Bonchev–Trinajstić information content (AvgIpc) is 2.68. The van der Waals surface area contributed by atoms with Crippen LogP contribution in [-0.2, 0) is 9.59 Å². The Morgan fingerprint density at radius 1 is 1.59 bits per heavy atom. The number of carbonyl (C=O) groups is 3. The summed E-state index contributed by atoms with van der Waals surface area (Å²) in [7, 11) is 0. The van der Waals surface area contributed by atoms with Crippen molar-refractivity contribution in [2.45, 2.75) is 25.8 Å². The third kappa shape index (κ3) is 4.29. The molecule has 0 spiro atoms. The van der Waals surface area contributed by atoms with E-state index in [9.17, 15) is 14.4 Å². The number of hydrogen-bond donors (Lipinski definition) is 3. The Labute approximate surface area is 99.2 Å². The number of urea groups is 1. The Bertz CT molecular complexity index is 319. The van der Waals surface area contributed by atoms with Crippen molar-refractivity contribution in [2.24, 2.45) is 0 Å². The summed E-state index contributed by atoms with van der Waals surface area (Å²) in [6.07, 6.45) is 1.18. The van der Waals surface area contributed by atoms with Crippen LogP contribution in [-0.4, -0.2) is 53.6 Å². The van der Waals surface area contributed by atoms with Crippen LogP contribution in [0, 0.1) is 0 Å². The first-order valence-electron chi connectivity index (χ1n) is 5.56. The number of nitrogens with zero attached hydrogens (tertiary/aromatic N) is 1. The van der Waals surface area contributed by atoms with Crippen LogP contribution in [0.15, 0.2) is 0 Å². The van der Waals surface area contributed by atoms with Crippen LogP contribution in [0.3, 0.4) is 0 Å². The van der Waals surface area contributed by atoms with Gasteiger partial charge in [-0.05, 0) is 13.3 Å². The highest BCUT2D eigenvalue weighted by Gasteiger charge is 2.22. The average molecular weight is 243 g/mol. The number of carboxylic acid groups (broad SMARTS) is 1. The van der Waals surface area contributed by atoms with E-state index in [2.05, 4.69) is 10.6 Å². The van der Waals surface area contributed by atoms with Gasteiger partial charge < -0.3 is 20.6 Å². The van der Waals surface area contributed by atoms with Crippen molar-refractivity contribution in [3.05, 3.63) is 0 Å². The van der Waals surface area contributed by atoms with Crippen molar-refractivity contribution in [1.82, 2.24) is 15.5 Å². The fraction of sp³-hybridized carbons (Fsp3) is 0.700. The lowest BCUT2D eigenvalue weighted by atomic mass is 10.2. The van der Waals surface area contributed by atoms with Crippen LogP contribution in [0.25, 0.3) is 0 Å². The highest BCUT2D eigenvalue weighted by Crippen LogP contribution is 2.05. The Morgan fingerprint density at radius 2 is 2.29 bits per heavy atom. The highest BCUT2D eigenvalue weighted by molar-refractivity contribution is 5.80. The van der Waals surface area contributed by atoms with Gasteiger partial charge in [-0.2, -0.15) is 0 Å². The molecule has 0 aliphatic carbocycles. The summed E-state index contributed by atoms with van der Waals surface area (Å²) in [6.45, 7) is 2.05. The molecule has 7 nitrogen and oxygen atoms in total. The van der Waals surface area contributed by atoms with E-state index in [1.54, 1.807) is 6.92 Å². The highest BCUT2D eigenvalue weighted by atomic mass is 16.4. The first kappa shape index (κ1) is 13.3. The number of nitrogens with one attached hydrogen (secondary N) is 2. The molecule has 1 fully saturated rings. The standard InChI is InChI=1S/C10H17N3O4/c1-2-13(6-9(15)16)10(17)11-5-7-3-4-8(14)12-7/h7H,2-6H2,1H3,(H,11,17)(H,12,14)(H,15,16). The molecular formula is C10H17N3O4. The molecule has 3 N–H and O–H groups in total. The first-order chi connectivity index (χ1) is 8.02. The second kappa shape index (κ2) is 6.07. The van der Waals surface area contributed by atoms with E-state index in [-0.39, 0.29) is 18.5 Å². The Kier molecular flexibility index (Phi) is 4.74. The molecule has 1 unspecified atom stereocenters. The molecule has 96 valence electrons. The molecule has 3 amide bonds. The molecule has 1 aliphatic rings. The lowest BCUT2D eigenvalue weighted by Crippen LogP contribution is -2.46. The smallest absolute Gasteiger partial charge is 0.323 e. The predicted molar refractivity (Wildman–Crippen MR) is 59.4 cm³/mol. The van der Waals surface area contributed by atoms with Crippen LogP contribution in [0.2, 0.25) is 0 Å². The number of aliphatic carboxylic acids is 1. The minimum Gasteiger partial charge on any atom is -0.480 e. The maximum Gasteiger partial charge on any atom is 0.323 e. The van der Waals surface area contributed by atoms with Crippen LogP contribution in [0.1, 0.15) is 19.8 Å². The Morgan fingerprint density at radius 3 is 2.76 bits per heavy atom. The molecule has 17 heavy (non-hydrogen) atoms. The van der Waals surface area contributed by atoms with Gasteiger partial charge in [0.15, 0.2) is 0 Å². The van der Waals surface area contributed by atoms with Crippen molar-refractivity contribution in [2.75, 3.05) is 19.6 Å². The zero-order valence-corrected chi connectivity index (χ0v) is 9.73. The summed E-state index contributed by atoms with van der Waals surface area (Å²) in [4.78, 5) is 34.2. The Hall–Kier alpha value is -1.79. The largest absolute Gasteiger partial charge is 0.480 e. The number of amides is 3. The van der Waals surface area contributed by atoms with E-state index < -0.39 is 12.0 Å². The minimum absolute atomic E-state index is 0.0119. The van der Waals surface area contributed by atoms with Crippen LogP contribution in [0.4, 0.5) is 4.79 Å². The SMILES string of the molecule is CCN(CC(=O)O)C(=O)NCC1CCC(=O)N1. The Balaban J connectivity index is 2.32. The number of hydrogen-bond acceptors (Lipinski definition) is 3. The molecular weight excluding hydrogens is 226 g/mol. The zero-order valence-electron chi connectivity index (χ0n) is 9.73. The van der Waals surface area contributed by atoms with Crippen LogP contribution in [0.5, 0.6) is 0 Å². The maximum atomic E-state index is 11.6. The van der Waals surface area contributed by atoms with Gasteiger partial charge in [-0.15, -0.1) is 0 Å². The molecule has 1 aliphatic heterocycles. The molecule has 0 radical (unpaired) electrons. The summed E-state index contributed by atoms with van der Waals surface area (Å²) in [5, 5.41) is 13.9. The van der Waals surface area contributed by atoms with Gasteiger partial charge in [0, 0.05) is 25.6 Å². The minimum atomic E-state index is -1.05. The molecule has 0 aromatic carbocycles. The van der Waals surface area contributed by atoms with Gasteiger partial charge in [-0.25, -0.2) is 4.79 Å². The summed E-state index contributed by atoms with van der Waals surface area (Å²) < 4.78 is 0. The van der Waals surface area contributed by atoms with Gasteiger partial charge in [-0.3, -0.25) is 9.59 Å². The second-order valence-electron chi connectivity index (χ2n) is 3.90. The quantitative estimate of drug-likeness (QED) is 0.599. The molecule has 0 aromatic rings. The normalized spacial score (nSPS) is 18.6. The van der Waals surface area contributed by atoms with Gasteiger partial charge >= 0.3 is 12.0 Å². The fourth-order valence-corrected chi connectivity index (χ4v) is 1.64. The van der Waals surface area contributed by atoms with Gasteiger partial charge in [-0.1, -0.05) is 0 Å². The molecule has 0 aromatic heterocycles. The second-order valence-corrected chi connectivity index (χ2v) is 3.90. The molecule has 1 rings (SSSR count). The van der Waals surface area contributed by atoms with Crippen molar-refractivity contribution < 1.29 is 19.5 Å². The summed E-state index contributed by atoms with van der Waals surface area (Å²) in [5.74, 6) is -1.06. The summed E-state index contributed by atoms with van der Waals surface area (Å²) in [6, 6.07) is -0.467. The van der Waals surface area contributed by atoms with E-state index in [1.807, 2.05) is 0 Å². The molecule has 7 heteroatoms. The van der Waals surface area contributed by atoms with E-state index >= 15 is 0 Å². The van der Waals surface area contributed by atoms with E-state index in [0.717, 1.165) is 0 Å². The fourth-order valence-electron chi connectivity index (χ4n) is 1.64. The van der Waals surface area contributed by atoms with Crippen LogP contribution >= 0.6 is 0 Å². The van der Waals surface area contributed by atoms with Gasteiger partial charge in [0.1, 0.15) is 6.54 Å². The topological polar surface area (TPSA) is 98.7 Å². The summed E-state index contributed by atoms with van der Waals surface area (Å²) in [5.41, 5.74) is 0. The van der Waals surface area contributed by atoms with Gasteiger partial charge in [0.2, 0.25) is 5.91 Å². The monoisotopic (exact) mass is 243 g/mol. The molecule has 1 saturated heterocycles. The van der Waals surface area contributed by atoms with E-state index in [1.165, 1.54) is 4.90 Å². The van der Waals surface area contributed by atoms with Gasteiger partial charge in [0.25, 0.3) is 0 Å².